The summed E-state index contributed by atoms with van der Waals surface area (Å²) < 4.78 is 0. The van der Waals surface area contributed by atoms with Crippen LogP contribution in [-0.2, 0) is 5.41 Å². The summed E-state index contributed by atoms with van der Waals surface area (Å²) in [6.07, 6.45) is 0. The number of aromatic nitrogens is 1. The molecule has 0 aliphatic carbocycles. The Morgan fingerprint density at radius 3 is 2.58 bits per heavy atom. The lowest BCUT2D eigenvalue weighted by molar-refractivity contribution is 0.566. The maximum atomic E-state index is 6.07. The molecule has 2 nitrogen and oxygen atoms in total. The van der Waals surface area contributed by atoms with E-state index < -0.39 is 0 Å². The fourth-order valence-electron chi connectivity index (χ4n) is 1.88. The van der Waals surface area contributed by atoms with Crippen LogP contribution < -0.4 is 5.32 Å². The molecule has 0 aliphatic heterocycles. The molecule has 1 heterocycles. The Bertz CT molecular complexity index is 557. The highest BCUT2D eigenvalue weighted by Crippen LogP contribution is 2.30. The molecule has 1 atom stereocenters. The number of nitrogens with zero attached hydrogens (tertiary/aromatic N) is 1. The van der Waals surface area contributed by atoms with Gasteiger partial charge in [-0.15, -0.1) is 11.3 Å². The van der Waals surface area contributed by atoms with Crippen LogP contribution in [0.25, 0.3) is 0 Å². The zero-order valence-electron chi connectivity index (χ0n) is 11.7. The molecule has 2 aromatic rings. The molecule has 0 bridgehead atoms. The van der Waals surface area contributed by atoms with E-state index in [0.29, 0.717) is 0 Å². The average Bonchev–Trinajstić information content (AvgIpc) is 2.79. The Hall–Kier alpha value is -0.900. The maximum absolute atomic E-state index is 6.07. The SMILES string of the molecule is CNC(c1cccc(Cl)c1)c1nc(C(C)(C)C)cs1. The summed E-state index contributed by atoms with van der Waals surface area (Å²) in [5.41, 5.74) is 2.36. The van der Waals surface area contributed by atoms with Crippen molar-refractivity contribution in [2.45, 2.75) is 32.2 Å². The van der Waals surface area contributed by atoms with Crippen molar-refractivity contribution in [3.63, 3.8) is 0 Å². The fraction of sp³-hybridized carbons (Fsp3) is 0.400. The Kier molecular flexibility index (Phi) is 4.29. The standard InChI is InChI=1S/C15H19ClN2S/c1-15(2,3)12-9-19-14(18-12)13(17-4)10-6-5-7-11(16)8-10/h5-9,13,17H,1-4H3. The van der Waals surface area contributed by atoms with E-state index in [0.717, 1.165) is 21.3 Å². The highest BCUT2D eigenvalue weighted by molar-refractivity contribution is 7.09. The number of nitrogens with one attached hydrogen (secondary N) is 1. The van der Waals surface area contributed by atoms with Gasteiger partial charge in [0.15, 0.2) is 0 Å². The smallest absolute Gasteiger partial charge is 0.114 e. The second kappa shape index (κ2) is 5.61. The lowest BCUT2D eigenvalue weighted by Crippen LogP contribution is -2.18. The largest absolute Gasteiger partial charge is 0.307 e. The van der Waals surface area contributed by atoms with Crippen molar-refractivity contribution in [2.24, 2.45) is 0 Å². The Balaban J connectivity index is 2.35. The first-order valence-electron chi connectivity index (χ1n) is 6.30. The third-order valence-corrected chi connectivity index (χ3v) is 4.15. The van der Waals surface area contributed by atoms with Crippen molar-refractivity contribution in [3.8, 4) is 0 Å². The lowest BCUT2D eigenvalue weighted by atomic mass is 9.93. The van der Waals surface area contributed by atoms with E-state index in [2.05, 4.69) is 37.5 Å². The molecule has 0 saturated heterocycles. The van der Waals surface area contributed by atoms with Gasteiger partial charge in [-0.25, -0.2) is 4.98 Å². The van der Waals surface area contributed by atoms with E-state index in [-0.39, 0.29) is 11.5 Å². The molecular formula is C15H19ClN2S. The minimum atomic E-state index is 0.0847. The predicted octanol–water partition coefficient (Wildman–Crippen LogP) is 4.40. The number of hydrogen-bond acceptors (Lipinski definition) is 3. The van der Waals surface area contributed by atoms with Gasteiger partial charge in [0.1, 0.15) is 5.01 Å². The number of halogens is 1. The van der Waals surface area contributed by atoms with Crippen molar-refractivity contribution in [1.29, 1.82) is 0 Å². The van der Waals surface area contributed by atoms with Gasteiger partial charge in [0.25, 0.3) is 0 Å². The van der Waals surface area contributed by atoms with E-state index in [4.69, 9.17) is 16.6 Å². The predicted molar refractivity (Wildman–Crippen MR) is 83.2 cm³/mol. The lowest BCUT2D eigenvalue weighted by Gasteiger charge is -2.16. The maximum Gasteiger partial charge on any atom is 0.114 e. The third-order valence-electron chi connectivity index (χ3n) is 3.01. The average molecular weight is 295 g/mol. The highest BCUT2D eigenvalue weighted by Gasteiger charge is 2.21. The number of benzene rings is 1. The van der Waals surface area contributed by atoms with E-state index >= 15 is 0 Å². The van der Waals surface area contributed by atoms with Crippen LogP contribution in [0.15, 0.2) is 29.6 Å². The van der Waals surface area contributed by atoms with Crippen LogP contribution in [0.1, 0.15) is 43.1 Å². The van der Waals surface area contributed by atoms with Crippen LogP contribution in [-0.4, -0.2) is 12.0 Å². The second-order valence-electron chi connectivity index (χ2n) is 5.60. The quantitative estimate of drug-likeness (QED) is 0.907. The van der Waals surface area contributed by atoms with Gasteiger partial charge in [0.05, 0.1) is 11.7 Å². The zero-order valence-corrected chi connectivity index (χ0v) is 13.3. The molecule has 0 saturated carbocycles. The first-order valence-corrected chi connectivity index (χ1v) is 7.56. The van der Waals surface area contributed by atoms with Gasteiger partial charge in [0, 0.05) is 15.8 Å². The van der Waals surface area contributed by atoms with Gasteiger partial charge < -0.3 is 5.32 Å². The van der Waals surface area contributed by atoms with Crippen molar-refractivity contribution in [2.75, 3.05) is 7.05 Å². The molecule has 0 radical (unpaired) electrons. The second-order valence-corrected chi connectivity index (χ2v) is 6.92. The number of thiazole rings is 1. The van der Waals surface area contributed by atoms with Crippen molar-refractivity contribution in [3.05, 3.63) is 50.9 Å². The van der Waals surface area contributed by atoms with Crippen LogP contribution in [0, 0.1) is 0 Å². The molecular weight excluding hydrogens is 276 g/mol. The topological polar surface area (TPSA) is 24.9 Å². The molecule has 0 aliphatic rings. The van der Waals surface area contributed by atoms with E-state index in [9.17, 15) is 0 Å². The van der Waals surface area contributed by atoms with Crippen molar-refractivity contribution in [1.82, 2.24) is 10.3 Å². The van der Waals surface area contributed by atoms with Crippen LogP contribution in [0.2, 0.25) is 5.02 Å². The molecule has 4 heteroatoms. The van der Waals surface area contributed by atoms with Gasteiger partial charge >= 0.3 is 0 Å². The normalized spacial score (nSPS) is 13.5. The van der Waals surface area contributed by atoms with Crippen molar-refractivity contribution < 1.29 is 0 Å². The van der Waals surface area contributed by atoms with Crippen LogP contribution in [0.3, 0.4) is 0 Å². The number of hydrogen-bond donors (Lipinski definition) is 1. The molecule has 0 amide bonds. The summed E-state index contributed by atoms with van der Waals surface area (Å²) in [5, 5.41) is 7.29. The van der Waals surface area contributed by atoms with Gasteiger partial charge in [-0.1, -0.05) is 44.5 Å². The summed E-state index contributed by atoms with van der Waals surface area (Å²) >= 11 is 7.76. The summed E-state index contributed by atoms with van der Waals surface area (Å²) in [7, 11) is 1.95. The Labute approximate surface area is 123 Å². The van der Waals surface area contributed by atoms with Crippen LogP contribution in [0.4, 0.5) is 0 Å². The van der Waals surface area contributed by atoms with Gasteiger partial charge in [-0.3, -0.25) is 0 Å². The van der Waals surface area contributed by atoms with Gasteiger partial charge in [-0.2, -0.15) is 0 Å². The van der Waals surface area contributed by atoms with Crippen molar-refractivity contribution >= 4 is 22.9 Å². The van der Waals surface area contributed by atoms with Gasteiger partial charge in [0.2, 0.25) is 0 Å². The van der Waals surface area contributed by atoms with E-state index in [1.807, 2.05) is 25.2 Å². The summed E-state index contributed by atoms with van der Waals surface area (Å²) in [6, 6.07) is 8.02. The van der Waals surface area contributed by atoms with Crippen LogP contribution in [0.5, 0.6) is 0 Å². The molecule has 0 spiro atoms. The molecule has 0 fully saturated rings. The minimum absolute atomic E-state index is 0.0847. The highest BCUT2D eigenvalue weighted by atomic mass is 35.5. The summed E-state index contributed by atoms with van der Waals surface area (Å²) in [5.74, 6) is 0. The molecule has 2 rings (SSSR count). The molecule has 1 aromatic carbocycles. The van der Waals surface area contributed by atoms with Gasteiger partial charge in [-0.05, 0) is 24.7 Å². The monoisotopic (exact) mass is 294 g/mol. The Morgan fingerprint density at radius 1 is 1.32 bits per heavy atom. The van der Waals surface area contributed by atoms with E-state index in [1.165, 1.54) is 0 Å². The molecule has 1 unspecified atom stereocenters. The molecule has 102 valence electrons. The molecule has 1 aromatic heterocycles. The molecule has 19 heavy (non-hydrogen) atoms. The number of rotatable bonds is 3. The Morgan fingerprint density at radius 2 is 2.05 bits per heavy atom. The fourth-order valence-corrected chi connectivity index (χ4v) is 3.26. The first-order chi connectivity index (χ1) is 8.91. The van der Waals surface area contributed by atoms with E-state index in [1.54, 1.807) is 11.3 Å². The summed E-state index contributed by atoms with van der Waals surface area (Å²) in [4.78, 5) is 4.77. The molecule has 1 N–H and O–H groups in total. The summed E-state index contributed by atoms with van der Waals surface area (Å²) in [6.45, 7) is 6.54. The third kappa shape index (κ3) is 3.35. The minimum Gasteiger partial charge on any atom is -0.307 e. The van der Waals surface area contributed by atoms with Crippen LogP contribution >= 0.6 is 22.9 Å². The first kappa shape index (κ1) is 14.5. The zero-order chi connectivity index (χ0) is 14.0.